The molecule has 1 aromatic carbocycles. The Morgan fingerprint density at radius 1 is 1.50 bits per heavy atom. The molecule has 0 bridgehead atoms. The predicted molar refractivity (Wildman–Crippen MR) is 84.5 cm³/mol. The van der Waals surface area contributed by atoms with Crippen molar-refractivity contribution in [3.63, 3.8) is 0 Å². The zero-order valence-electron chi connectivity index (χ0n) is 13.0. The molecule has 1 aliphatic rings. The van der Waals surface area contributed by atoms with Gasteiger partial charge in [0.2, 0.25) is 0 Å². The smallest absolute Gasteiger partial charge is 0.252 e. The number of ether oxygens (including phenoxy) is 1. The molecule has 1 saturated heterocycles. The number of methoxy groups -OCH3 is 1. The van der Waals surface area contributed by atoms with Gasteiger partial charge in [-0.25, -0.2) is 0 Å². The highest BCUT2D eigenvalue weighted by atomic mass is 16.5. The van der Waals surface area contributed by atoms with E-state index < -0.39 is 0 Å². The molecule has 118 valence electrons. The molecule has 5 nitrogen and oxygen atoms in total. The van der Waals surface area contributed by atoms with Crippen molar-refractivity contribution < 1.29 is 9.53 Å². The van der Waals surface area contributed by atoms with Crippen LogP contribution in [0.15, 0.2) is 24.3 Å². The maximum absolute atomic E-state index is 12.2. The first-order chi connectivity index (χ1) is 10.7. The van der Waals surface area contributed by atoms with Gasteiger partial charge in [0.15, 0.2) is 0 Å². The third-order valence-corrected chi connectivity index (χ3v) is 4.04. The Morgan fingerprint density at radius 3 is 3.09 bits per heavy atom. The molecule has 2 rings (SSSR count). The monoisotopic (exact) mass is 301 g/mol. The average Bonchev–Trinajstić information content (AvgIpc) is 3.00. The van der Waals surface area contributed by atoms with E-state index in [1.54, 1.807) is 31.4 Å². The zero-order chi connectivity index (χ0) is 15.8. The Balaban J connectivity index is 1.77. The molecule has 1 aromatic rings. The molecule has 1 atom stereocenters. The van der Waals surface area contributed by atoms with Crippen LogP contribution in [-0.2, 0) is 4.74 Å². The minimum Gasteiger partial charge on any atom is -0.385 e. The van der Waals surface area contributed by atoms with Gasteiger partial charge in [0.05, 0.1) is 17.2 Å². The van der Waals surface area contributed by atoms with Gasteiger partial charge >= 0.3 is 0 Å². The van der Waals surface area contributed by atoms with Crippen molar-refractivity contribution in [2.75, 3.05) is 39.9 Å². The molecule has 1 heterocycles. The normalized spacial score (nSPS) is 18.1. The first kappa shape index (κ1) is 16.5. The van der Waals surface area contributed by atoms with E-state index in [-0.39, 0.29) is 5.91 Å². The SMILES string of the molecule is COCCCN1CC[C@H](CNC(=O)c2ccccc2C#N)C1. The lowest BCUT2D eigenvalue weighted by Crippen LogP contribution is -2.31. The van der Waals surface area contributed by atoms with Crippen LogP contribution in [0.3, 0.4) is 0 Å². The largest absolute Gasteiger partial charge is 0.385 e. The summed E-state index contributed by atoms with van der Waals surface area (Å²) in [7, 11) is 1.72. The number of amides is 1. The molecule has 0 aliphatic carbocycles. The summed E-state index contributed by atoms with van der Waals surface area (Å²) in [6, 6.07) is 8.97. The molecule has 0 saturated carbocycles. The lowest BCUT2D eigenvalue weighted by Gasteiger charge is -2.16. The second kappa shape index (κ2) is 8.52. The van der Waals surface area contributed by atoms with Crippen LogP contribution in [-0.4, -0.2) is 50.7 Å². The number of nitrogens with zero attached hydrogens (tertiary/aromatic N) is 2. The Hall–Kier alpha value is -1.90. The standard InChI is InChI=1S/C17H23N3O2/c1-22-10-4-8-20-9-7-14(13-20)12-19-17(21)16-6-3-2-5-15(16)11-18/h2-3,5-6,14H,4,7-10,12-13H2,1H3,(H,19,21)/t14-/m1/s1. The zero-order valence-corrected chi connectivity index (χ0v) is 13.0. The molecule has 22 heavy (non-hydrogen) atoms. The first-order valence-electron chi connectivity index (χ1n) is 7.73. The minimum absolute atomic E-state index is 0.157. The lowest BCUT2D eigenvalue weighted by atomic mass is 10.1. The highest BCUT2D eigenvalue weighted by Gasteiger charge is 2.22. The van der Waals surface area contributed by atoms with Gasteiger partial charge < -0.3 is 15.0 Å². The van der Waals surface area contributed by atoms with E-state index in [9.17, 15) is 4.79 Å². The highest BCUT2D eigenvalue weighted by molar-refractivity contribution is 5.96. The molecule has 0 spiro atoms. The van der Waals surface area contributed by atoms with Gasteiger partial charge in [-0.1, -0.05) is 12.1 Å². The molecule has 1 amide bonds. The fourth-order valence-electron chi connectivity index (χ4n) is 2.83. The van der Waals surface area contributed by atoms with Gasteiger partial charge in [-0.15, -0.1) is 0 Å². The Bertz CT molecular complexity index is 539. The number of likely N-dealkylation sites (tertiary alicyclic amines) is 1. The van der Waals surface area contributed by atoms with E-state index in [2.05, 4.69) is 16.3 Å². The predicted octanol–water partition coefficient (Wildman–Crippen LogP) is 1.65. The van der Waals surface area contributed by atoms with Crippen LogP contribution in [0.2, 0.25) is 0 Å². The minimum atomic E-state index is -0.157. The van der Waals surface area contributed by atoms with Crippen molar-refractivity contribution in [3.05, 3.63) is 35.4 Å². The number of hydrogen-bond acceptors (Lipinski definition) is 4. The van der Waals surface area contributed by atoms with E-state index >= 15 is 0 Å². The summed E-state index contributed by atoms with van der Waals surface area (Å²) in [5, 5.41) is 12.0. The Labute approximate surface area is 131 Å². The van der Waals surface area contributed by atoms with Crippen LogP contribution in [0.5, 0.6) is 0 Å². The maximum Gasteiger partial charge on any atom is 0.252 e. The fraction of sp³-hybridized carbons (Fsp3) is 0.529. The molecule has 1 N–H and O–H groups in total. The number of carbonyl (C=O) groups excluding carboxylic acids is 1. The van der Waals surface area contributed by atoms with Crippen LogP contribution < -0.4 is 5.32 Å². The fourth-order valence-corrected chi connectivity index (χ4v) is 2.83. The van der Waals surface area contributed by atoms with Gasteiger partial charge in [-0.2, -0.15) is 5.26 Å². The van der Waals surface area contributed by atoms with Crippen molar-refractivity contribution in [3.8, 4) is 6.07 Å². The summed E-state index contributed by atoms with van der Waals surface area (Å²) in [6.07, 6.45) is 2.15. The summed E-state index contributed by atoms with van der Waals surface area (Å²) in [4.78, 5) is 14.6. The van der Waals surface area contributed by atoms with Gasteiger partial charge in [-0.05, 0) is 37.4 Å². The molecule has 1 aliphatic heterocycles. The van der Waals surface area contributed by atoms with Crippen molar-refractivity contribution >= 4 is 5.91 Å². The molecule has 0 unspecified atom stereocenters. The maximum atomic E-state index is 12.2. The van der Waals surface area contributed by atoms with Gasteiger partial charge in [0.25, 0.3) is 5.91 Å². The van der Waals surface area contributed by atoms with E-state index in [0.29, 0.717) is 23.6 Å². The van der Waals surface area contributed by atoms with Crippen molar-refractivity contribution in [1.29, 1.82) is 5.26 Å². The Morgan fingerprint density at radius 2 is 2.32 bits per heavy atom. The van der Waals surface area contributed by atoms with Gasteiger partial charge in [0.1, 0.15) is 0 Å². The highest BCUT2D eigenvalue weighted by Crippen LogP contribution is 2.16. The summed E-state index contributed by atoms with van der Waals surface area (Å²) in [5.74, 6) is 0.329. The number of rotatable bonds is 7. The summed E-state index contributed by atoms with van der Waals surface area (Å²) < 4.78 is 5.07. The Kier molecular flexibility index (Phi) is 6.38. The van der Waals surface area contributed by atoms with Crippen LogP contribution in [0.25, 0.3) is 0 Å². The van der Waals surface area contributed by atoms with E-state index in [0.717, 1.165) is 39.1 Å². The van der Waals surface area contributed by atoms with Crippen LogP contribution >= 0.6 is 0 Å². The number of carbonyl (C=O) groups is 1. The second-order valence-corrected chi connectivity index (χ2v) is 5.67. The molecular weight excluding hydrogens is 278 g/mol. The van der Waals surface area contributed by atoms with Crippen molar-refractivity contribution in [2.24, 2.45) is 5.92 Å². The van der Waals surface area contributed by atoms with Crippen LogP contribution in [0.1, 0.15) is 28.8 Å². The molecule has 0 aromatic heterocycles. The van der Waals surface area contributed by atoms with Gasteiger partial charge in [0, 0.05) is 33.4 Å². The summed E-state index contributed by atoms with van der Waals surface area (Å²) in [6.45, 7) is 4.61. The number of nitrogens with one attached hydrogen (secondary N) is 1. The van der Waals surface area contributed by atoms with Crippen LogP contribution in [0, 0.1) is 17.2 Å². The topological polar surface area (TPSA) is 65.4 Å². The van der Waals surface area contributed by atoms with Crippen molar-refractivity contribution in [1.82, 2.24) is 10.2 Å². The number of nitriles is 1. The first-order valence-corrected chi connectivity index (χ1v) is 7.73. The number of benzene rings is 1. The third-order valence-electron chi connectivity index (χ3n) is 4.04. The molecular formula is C17H23N3O2. The third kappa shape index (κ3) is 4.55. The molecule has 0 radical (unpaired) electrons. The van der Waals surface area contributed by atoms with E-state index in [1.165, 1.54) is 0 Å². The second-order valence-electron chi connectivity index (χ2n) is 5.67. The summed E-state index contributed by atoms with van der Waals surface area (Å²) >= 11 is 0. The van der Waals surface area contributed by atoms with Crippen molar-refractivity contribution in [2.45, 2.75) is 12.8 Å². The quantitative estimate of drug-likeness (QED) is 0.778. The van der Waals surface area contributed by atoms with Crippen LogP contribution in [0.4, 0.5) is 0 Å². The van der Waals surface area contributed by atoms with E-state index in [4.69, 9.17) is 10.00 Å². The van der Waals surface area contributed by atoms with Gasteiger partial charge in [-0.3, -0.25) is 4.79 Å². The lowest BCUT2D eigenvalue weighted by molar-refractivity contribution is 0.0947. The number of hydrogen-bond donors (Lipinski definition) is 1. The van der Waals surface area contributed by atoms with E-state index in [1.807, 2.05) is 0 Å². The molecule has 5 heteroatoms. The summed E-state index contributed by atoms with van der Waals surface area (Å²) in [5.41, 5.74) is 0.882. The average molecular weight is 301 g/mol. The molecule has 1 fully saturated rings.